The summed E-state index contributed by atoms with van der Waals surface area (Å²) >= 11 is 0. The normalized spacial score (nSPS) is 12.2. The SMILES string of the molecule is COc1ccc(-c2c(-c3ccc(S(C)(=O)=O)cc3)nn(C)c2C(F)(F)F)cc1C. The van der Waals surface area contributed by atoms with E-state index in [4.69, 9.17) is 4.74 Å². The van der Waals surface area contributed by atoms with E-state index in [0.717, 1.165) is 10.9 Å². The van der Waals surface area contributed by atoms with E-state index in [0.29, 0.717) is 22.4 Å². The molecule has 0 fully saturated rings. The van der Waals surface area contributed by atoms with Gasteiger partial charge >= 0.3 is 6.18 Å². The molecule has 3 aromatic rings. The van der Waals surface area contributed by atoms with Crippen LogP contribution in [0.25, 0.3) is 22.4 Å². The maximum absolute atomic E-state index is 13.8. The molecular formula is C20H19F3N2O3S. The van der Waals surface area contributed by atoms with Gasteiger partial charge in [0.05, 0.1) is 12.0 Å². The minimum Gasteiger partial charge on any atom is -0.496 e. The lowest BCUT2D eigenvalue weighted by atomic mass is 9.97. The number of halogens is 3. The third kappa shape index (κ3) is 4.00. The van der Waals surface area contributed by atoms with Gasteiger partial charge in [-0.05, 0) is 42.3 Å². The summed E-state index contributed by atoms with van der Waals surface area (Å²) in [7, 11) is -0.702. The van der Waals surface area contributed by atoms with Gasteiger partial charge in [-0.2, -0.15) is 18.3 Å². The molecule has 0 N–H and O–H groups in total. The summed E-state index contributed by atoms with van der Waals surface area (Å²) in [6.45, 7) is 1.74. The van der Waals surface area contributed by atoms with E-state index in [-0.39, 0.29) is 16.2 Å². The number of methoxy groups -OCH3 is 1. The molecule has 0 aliphatic rings. The van der Waals surface area contributed by atoms with Crippen LogP contribution in [0.4, 0.5) is 13.2 Å². The molecule has 0 aliphatic carbocycles. The van der Waals surface area contributed by atoms with Crippen molar-refractivity contribution in [3.8, 4) is 28.1 Å². The molecule has 0 atom stereocenters. The lowest BCUT2D eigenvalue weighted by molar-refractivity contribution is -0.143. The summed E-state index contributed by atoms with van der Waals surface area (Å²) in [4.78, 5) is 0.0788. The first-order valence-electron chi connectivity index (χ1n) is 8.53. The molecule has 0 saturated carbocycles. The molecule has 0 bridgehead atoms. The van der Waals surface area contributed by atoms with Crippen LogP contribution in [0.15, 0.2) is 47.4 Å². The molecule has 0 spiro atoms. The molecule has 3 rings (SSSR count). The molecule has 0 aliphatic heterocycles. The Morgan fingerprint density at radius 2 is 1.62 bits per heavy atom. The smallest absolute Gasteiger partial charge is 0.433 e. The number of hydrogen-bond donors (Lipinski definition) is 0. The number of ether oxygens (including phenoxy) is 1. The third-order valence-electron chi connectivity index (χ3n) is 4.56. The Hall–Kier alpha value is -2.81. The van der Waals surface area contributed by atoms with Crippen molar-refractivity contribution in [2.75, 3.05) is 13.4 Å². The van der Waals surface area contributed by atoms with Crippen LogP contribution < -0.4 is 4.74 Å². The van der Waals surface area contributed by atoms with Crippen molar-refractivity contribution in [1.82, 2.24) is 9.78 Å². The van der Waals surface area contributed by atoms with Gasteiger partial charge in [-0.1, -0.05) is 18.2 Å². The molecule has 0 saturated heterocycles. The van der Waals surface area contributed by atoms with Gasteiger partial charge in [0.25, 0.3) is 0 Å². The number of alkyl halides is 3. The van der Waals surface area contributed by atoms with Crippen LogP contribution in [-0.2, 0) is 23.1 Å². The second-order valence-electron chi connectivity index (χ2n) is 6.67. The average Bonchev–Trinajstić information content (AvgIpc) is 2.98. The average molecular weight is 424 g/mol. The van der Waals surface area contributed by atoms with E-state index >= 15 is 0 Å². The van der Waals surface area contributed by atoms with E-state index in [9.17, 15) is 21.6 Å². The quantitative estimate of drug-likeness (QED) is 0.619. The monoisotopic (exact) mass is 424 g/mol. The molecule has 1 heterocycles. The minimum atomic E-state index is -4.63. The number of nitrogens with zero attached hydrogens (tertiary/aromatic N) is 2. The highest BCUT2D eigenvalue weighted by Crippen LogP contribution is 2.43. The van der Waals surface area contributed by atoms with Crippen LogP contribution in [-0.4, -0.2) is 31.6 Å². The predicted molar refractivity (Wildman–Crippen MR) is 103 cm³/mol. The topological polar surface area (TPSA) is 61.2 Å². The highest BCUT2D eigenvalue weighted by Gasteiger charge is 2.40. The van der Waals surface area contributed by atoms with E-state index in [1.165, 1.54) is 38.4 Å². The largest absolute Gasteiger partial charge is 0.496 e. The van der Waals surface area contributed by atoms with Gasteiger partial charge in [0, 0.05) is 24.4 Å². The van der Waals surface area contributed by atoms with Crippen molar-refractivity contribution in [3.63, 3.8) is 0 Å². The summed E-state index contributed by atoms with van der Waals surface area (Å²) in [5.41, 5.74) is 0.560. The molecular weight excluding hydrogens is 405 g/mol. The fourth-order valence-corrected chi connectivity index (χ4v) is 3.85. The Balaban J connectivity index is 2.27. The van der Waals surface area contributed by atoms with Gasteiger partial charge in [0.1, 0.15) is 11.4 Å². The van der Waals surface area contributed by atoms with Crippen LogP contribution in [0.1, 0.15) is 11.3 Å². The fraction of sp³-hybridized carbons (Fsp3) is 0.250. The zero-order valence-electron chi connectivity index (χ0n) is 16.2. The summed E-state index contributed by atoms with van der Waals surface area (Å²) in [6.07, 6.45) is -3.56. The summed E-state index contributed by atoms with van der Waals surface area (Å²) < 4.78 is 70.8. The number of benzene rings is 2. The Morgan fingerprint density at radius 3 is 2.10 bits per heavy atom. The van der Waals surface area contributed by atoms with Crippen LogP contribution in [0.2, 0.25) is 0 Å². The van der Waals surface area contributed by atoms with E-state index in [1.54, 1.807) is 25.1 Å². The zero-order valence-corrected chi connectivity index (χ0v) is 17.0. The maximum Gasteiger partial charge on any atom is 0.433 e. The van der Waals surface area contributed by atoms with Crippen molar-refractivity contribution < 1.29 is 26.3 Å². The van der Waals surface area contributed by atoms with Crippen molar-refractivity contribution in [3.05, 3.63) is 53.7 Å². The number of sulfone groups is 1. The zero-order chi connectivity index (χ0) is 21.6. The molecule has 0 amide bonds. The molecule has 0 radical (unpaired) electrons. The predicted octanol–water partition coefficient (Wildman–Crippen LogP) is 4.49. The number of aryl methyl sites for hydroxylation is 2. The molecule has 1 aromatic heterocycles. The lowest BCUT2D eigenvalue weighted by Crippen LogP contribution is -2.13. The molecule has 0 unspecified atom stereocenters. The van der Waals surface area contributed by atoms with Crippen LogP contribution in [0, 0.1) is 6.92 Å². The molecule has 5 nitrogen and oxygen atoms in total. The second-order valence-corrected chi connectivity index (χ2v) is 8.69. The lowest BCUT2D eigenvalue weighted by Gasteiger charge is -2.13. The van der Waals surface area contributed by atoms with Gasteiger partial charge in [0.2, 0.25) is 0 Å². The summed E-state index contributed by atoms with van der Waals surface area (Å²) in [6, 6.07) is 10.4. The Labute approximate surface area is 166 Å². The van der Waals surface area contributed by atoms with Crippen molar-refractivity contribution in [2.45, 2.75) is 18.0 Å². The first kappa shape index (κ1) is 20.9. The molecule has 29 heavy (non-hydrogen) atoms. The maximum atomic E-state index is 13.8. The third-order valence-corrected chi connectivity index (χ3v) is 5.68. The number of hydrogen-bond acceptors (Lipinski definition) is 4. The molecule has 9 heteroatoms. The van der Waals surface area contributed by atoms with Crippen molar-refractivity contribution in [2.24, 2.45) is 7.05 Å². The number of aromatic nitrogens is 2. The Bertz CT molecular complexity index is 1160. The second kappa shape index (κ2) is 7.22. The summed E-state index contributed by atoms with van der Waals surface area (Å²) in [5, 5.41) is 4.10. The highest BCUT2D eigenvalue weighted by molar-refractivity contribution is 7.90. The first-order chi connectivity index (χ1) is 13.4. The molecule has 2 aromatic carbocycles. The van der Waals surface area contributed by atoms with Crippen molar-refractivity contribution in [1.29, 1.82) is 0 Å². The van der Waals surface area contributed by atoms with Gasteiger partial charge < -0.3 is 4.74 Å². The van der Waals surface area contributed by atoms with Gasteiger partial charge in [-0.15, -0.1) is 0 Å². The van der Waals surface area contributed by atoms with E-state index in [1.807, 2.05) is 0 Å². The summed E-state index contributed by atoms with van der Waals surface area (Å²) in [5.74, 6) is 0.560. The van der Waals surface area contributed by atoms with Gasteiger partial charge in [0.15, 0.2) is 15.5 Å². The Morgan fingerprint density at radius 1 is 1.03 bits per heavy atom. The first-order valence-corrected chi connectivity index (χ1v) is 10.4. The van der Waals surface area contributed by atoms with Crippen LogP contribution in [0.5, 0.6) is 5.75 Å². The van der Waals surface area contributed by atoms with Gasteiger partial charge in [-0.25, -0.2) is 8.42 Å². The van der Waals surface area contributed by atoms with Crippen LogP contribution >= 0.6 is 0 Å². The minimum absolute atomic E-state index is 0.0714. The highest BCUT2D eigenvalue weighted by atomic mass is 32.2. The standard InChI is InChI=1S/C20H19F3N2O3S/c1-12-11-14(7-10-16(12)28-3)17-18(24-25(2)19(17)20(21,22)23)13-5-8-15(9-6-13)29(4,26)27/h5-11H,1-4H3. The van der Waals surface area contributed by atoms with Gasteiger partial charge in [-0.3, -0.25) is 4.68 Å². The van der Waals surface area contributed by atoms with E-state index in [2.05, 4.69) is 5.10 Å². The number of rotatable bonds is 4. The van der Waals surface area contributed by atoms with E-state index < -0.39 is 21.7 Å². The van der Waals surface area contributed by atoms with Crippen molar-refractivity contribution >= 4 is 9.84 Å². The fourth-order valence-electron chi connectivity index (χ4n) is 3.22. The Kier molecular flexibility index (Phi) is 5.20. The molecule has 154 valence electrons. The van der Waals surface area contributed by atoms with Crippen LogP contribution in [0.3, 0.4) is 0 Å².